The molecular weight excluding hydrogens is 257 g/mol. The van der Waals surface area contributed by atoms with E-state index >= 15 is 0 Å². The number of aromatic amines is 1. The molecule has 1 aliphatic heterocycles. The number of rotatable bonds is 2. The van der Waals surface area contributed by atoms with E-state index in [0.717, 1.165) is 17.6 Å². The number of imidazole rings is 1. The van der Waals surface area contributed by atoms with E-state index in [1.54, 1.807) is 29.4 Å². The number of carbonyl (C=O) groups is 1. The Kier molecular flexibility index (Phi) is 3.33. The average Bonchev–Trinajstić information content (AvgIpc) is 3.02. The molecule has 2 heterocycles. The number of halogens is 1. The zero-order valence-electron chi connectivity index (χ0n) is 10.8. The highest BCUT2D eigenvalue weighted by molar-refractivity contribution is 5.91. The molecule has 0 fully saturated rings. The van der Waals surface area contributed by atoms with Gasteiger partial charge in [-0.2, -0.15) is 0 Å². The first-order valence-corrected chi connectivity index (χ1v) is 6.47. The largest absolute Gasteiger partial charge is 0.341 e. The molecule has 0 saturated carbocycles. The van der Waals surface area contributed by atoms with Crippen molar-refractivity contribution < 1.29 is 9.18 Å². The fourth-order valence-electron chi connectivity index (χ4n) is 2.31. The number of carbonyl (C=O) groups excluding carboxylic acids is 1. The van der Waals surface area contributed by atoms with Crippen molar-refractivity contribution in [3.63, 3.8) is 0 Å². The number of hydrogen-bond acceptors (Lipinski definition) is 2. The quantitative estimate of drug-likeness (QED) is 0.912. The highest BCUT2D eigenvalue weighted by Gasteiger charge is 2.20. The molecule has 0 atom stereocenters. The molecule has 1 aliphatic rings. The Morgan fingerprint density at radius 2 is 2.10 bits per heavy atom. The van der Waals surface area contributed by atoms with E-state index in [4.69, 9.17) is 0 Å². The number of aromatic nitrogens is 2. The summed E-state index contributed by atoms with van der Waals surface area (Å²) in [6.07, 6.45) is 5.98. The van der Waals surface area contributed by atoms with Crippen LogP contribution in [0.3, 0.4) is 0 Å². The summed E-state index contributed by atoms with van der Waals surface area (Å²) in [5, 5.41) is 0. The van der Waals surface area contributed by atoms with Crippen LogP contribution in [-0.4, -0.2) is 33.9 Å². The minimum Gasteiger partial charge on any atom is -0.341 e. The lowest BCUT2D eigenvalue weighted by molar-refractivity contribution is 0.0762. The lowest BCUT2D eigenvalue weighted by Crippen LogP contribution is -2.35. The molecule has 0 unspecified atom stereocenters. The summed E-state index contributed by atoms with van der Waals surface area (Å²) in [4.78, 5) is 20.6. The summed E-state index contributed by atoms with van der Waals surface area (Å²) >= 11 is 0. The van der Waals surface area contributed by atoms with Crippen molar-refractivity contribution in [1.82, 2.24) is 14.9 Å². The third kappa shape index (κ3) is 2.47. The molecule has 1 aromatic heterocycles. The maximum Gasteiger partial charge on any atom is 0.289 e. The zero-order chi connectivity index (χ0) is 13.9. The average molecular weight is 271 g/mol. The number of nitrogens with zero attached hydrogens (tertiary/aromatic N) is 2. The van der Waals surface area contributed by atoms with Crippen molar-refractivity contribution in [2.24, 2.45) is 0 Å². The molecular formula is C15H14FN3O. The normalized spacial score (nSPS) is 15.1. The molecule has 1 amide bonds. The predicted molar refractivity (Wildman–Crippen MR) is 73.5 cm³/mol. The third-order valence-electron chi connectivity index (χ3n) is 3.41. The van der Waals surface area contributed by atoms with Gasteiger partial charge < -0.3 is 9.88 Å². The van der Waals surface area contributed by atoms with Crippen molar-refractivity contribution >= 4 is 11.5 Å². The number of amides is 1. The zero-order valence-corrected chi connectivity index (χ0v) is 10.8. The van der Waals surface area contributed by atoms with Crippen molar-refractivity contribution in [3.8, 4) is 0 Å². The van der Waals surface area contributed by atoms with Gasteiger partial charge in [0.05, 0.1) is 0 Å². The maximum atomic E-state index is 12.9. The molecule has 2 aromatic rings. The van der Waals surface area contributed by atoms with Crippen LogP contribution in [0, 0.1) is 5.82 Å². The predicted octanol–water partition coefficient (Wildman–Crippen LogP) is 2.48. The molecule has 0 bridgehead atoms. The van der Waals surface area contributed by atoms with Crippen molar-refractivity contribution in [2.45, 2.75) is 6.42 Å². The van der Waals surface area contributed by atoms with Crippen LogP contribution in [0.15, 0.2) is 42.7 Å². The first kappa shape index (κ1) is 12.6. The first-order valence-electron chi connectivity index (χ1n) is 6.47. The standard InChI is InChI=1S/C15H14FN3O/c16-13-3-1-11(2-4-13)12-5-9-19(10-6-12)15(20)14-17-7-8-18-14/h1-5,7-8H,6,9-10H2,(H,17,18). The molecule has 0 aliphatic carbocycles. The molecule has 1 N–H and O–H groups in total. The van der Waals surface area contributed by atoms with Gasteiger partial charge in [-0.1, -0.05) is 18.2 Å². The van der Waals surface area contributed by atoms with E-state index in [1.165, 1.54) is 12.1 Å². The van der Waals surface area contributed by atoms with Crippen LogP contribution < -0.4 is 0 Å². The highest BCUT2D eigenvalue weighted by atomic mass is 19.1. The monoisotopic (exact) mass is 271 g/mol. The Balaban J connectivity index is 1.72. The molecule has 0 radical (unpaired) electrons. The molecule has 0 saturated heterocycles. The van der Waals surface area contributed by atoms with Gasteiger partial charge in [0, 0.05) is 25.5 Å². The van der Waals surface area contributed by atoms with Gasteiger partial charge in [0.15, 0.2) is 5.82 Å². The van der Waals surface area contributed by atoms with Gasteiger partial charge in [-0.3, -0.25) is 4.79 Å². The highest BCUT2D eigenvalue weighted by Crippen LogP contribution is 2.23. The van der Waals surface area contributed by atoms with Crippen molar-refractivity contribution in [1.29, 1.82) is 0 Å². The lowest BCUT2D eigenvalue weighted by Gasteiger charge is -2.25. The number of hydrogen-bond donors (Lipinski definition) is 1. The van der Waals surface area contributed by atoms with Gasteiger partial charge >= 0.3 is 0 Å². The van der Waals surface area contributed by atoms with Crippen molar-refractivity contribution in [2.75, 3.05) is 13.1 Å². The number of H-pyrrole nitrogens is 1. The second-order valence-electron chi connectivity index (χ2n) is 4.68. The van der Waals surface area contributed by atoms with Gasteiger partial charge in [0.2, 0.25) is 0 Å². The molecule has 5 heteroatoms. The Morgan fingerprint density at radius 3 is 2.70 bits per heavy atom. The summed E-state index contributed by atoms with van der Waals surface area (Å²) in [5.74, 6) is 0.0350. The molecule has 4 nitrogen and oxygen atoms in total. The fraction of sp³-hybridized carbons (Fsp3) is 0.200. The molecule has 0 spiro atoms. The van der Waals surface area contributed by atoms with E-state index in [1.807, 2.05) is 6.08 Å². The minimum absolute atomic E-state index is 0.0931. The summed E-state index contributed by atoms with van der Waals surface area (Å²) in [5.41, 5.74) is 2.16. The van der Waals surface area contributed by atoms with E-state index < -0.39 is 0 Å². The van der Waals surface area contributed by atoms with Gasteiger partial charge in [-0.15, -0.1) is 0 Å². The van der Waals surface area contributed by atoms with Crippen LogP contribution in [0.25, 0.3) is 5.57 Å². The first-order chi connectivity index (χ1) is 9.74. The van der Waals surface area contributed by atoms with E-state index in [9.17, 15) is 9.18 Å². The topological polar surface area (TPSA) is 49.0 Å². The van der Waals surface area contributed by atoms with Crippen LogP contribution in [0.5, 0.6) is 0 Å². The lowest BCUT2D eigenvalue weighted by atomic mass is 9.99. The van der Waals surface area contributed by atoms with Gasteiger partial charge in [0.1, 0.15) is 5.82 Å². The van der Waals surface area contributed by atoms with E-state index in [-0.39, 0.29) is 11.7 Å². The maximum absolute atomic E-state index is 12.9. The second kappa shape index (κ2) is 5.28. The SMILES string of the molecule is O=C(c1ncc[nH]1)N1CC=C(c2ccc(F)cc2)CC1. The van der Waals surface area contributed by atoms with E-state index in [2.05, 4.69) is 9.97 Å². The summed E-state index contributed by atoms with van der Waals surface area (Å²) < 4.78 is 12.9. The van der Waals surface area contributed by atoms with Gasteiger partial charge in [-0.25, -0.2) is 9.37 Å². The van der Waals surface area contributed by atoms with E-state index in [0.29, 0.717) is 18.9 Å². The van der Waals surface area contributed by atoms with Gasteiger partial charge in [-0.05, 0) is 29.7 Å². The minimum atomic E-state index is -0.236. The van der Waals surface area contributed by atoms with Crippen LogP contribution in [0.1, 0.15) is 22.6 Å². The second-order valence-corrected chi connectivity index (χ2v) is 4.68. The molecule has 3 rings (SSSR count). The van der Waals surface area contributed by atoms with Crippen LogP contribution >= 0.6 is 0 Å². The Bertz CT molecular complexity index is 632. The molecule has 102 valence electrons. The Labute approximate surface area is 115 Å². The summed E-state index contributed by atoms with van der Waals surface area (Å²) in [6.45, 7) is 1.19. The fourth-order valence-corrected chi connectivity index (χ4v) is 2.31. The smallest absolute Gasteiger partial charge is 0.289 e. The van der Waals surface area contributed by atoms with Crippen LogP contribution in [-0.2, 0) is 0 Å². The number of benzene rings is 1. The molecule has 1 aromatic carbocycles. The van der Waals surface area contributed by atoms with Gasteiger partial charge in [0.25, 0.3) is 5.91 Å². The third-order valence-corrected chi connectivity index (χ3v) is 3.41. The van der Waals surface area contributed by atoms with Crippen LogP contribution in [0.4, 0.5) is 4.39 Å². The van der Waals surface area contributed by atoms with Crippen LogP contribution in [0.2, 0.25) is 0 Å². The number of nitrogens with one attached hydrogen (secondary N) is 1. The Hall–Kier alpha value is -2.43. The molecule has 20 heavy (non-hydrogen) atoms. The summed E-state index contributed by atoms with van der Waals surface area (Å²) in [7, 11) is 0. The Morgan fingerprint density at radius 1 is 1.30 bits per heavy atom. The van der Waals surface area contributed by atoms with Crippen molar-refractivity contribution in [3.05, 3.63) is 59.9 Å². The summed E-state index contributed by atoms with van der Waals surface area (Å²) in [6, 6.07) is 6.45.